The number of rotatable bonds is 6. The van der Waals surface area contributed by atoms with E-state index in [1.54, 1.807) is 7.11 Å². The monoisotopic (exact) mass is 434 g/mol. The SMILES string of the molecule is CCC(=O)CC1c2cc3ccccc3nc2C=C(c2ccccc2)N1c1ccc(OC)cc1. The number of ketones is 1. The molecule has 0 saturated heterocycles. The number of carbonyl (C=O) groups excluding carboxylic acids is 1. The lowest BCUT2D eigenvalue weighted by atomic mass is 9.89. The van der Waals surface area contributed by atoms with E-state index in [0.717, 1.165) is 44.9 Å². The van der Waals surface area contributed by atoms with Crippen LogP contribution in [0.15, 0.2) is 84.9 Å². The molecule has 1 atom stereocenters. The summed E-state index contributed by atoms with van der Waals surface area (Å²) in [6.07, 6.45) is 3.07. The quantitative estimate of drug-likeness (QED) is 0.340. The van der Waals surface area contributed by atoms with Crippen LogP contribution in [-0.2, 0) is 4.79 Å². The minimum absolute atomic E-state index is 0.154. The topological polar surface area (TPSA) is 42.4 Å². The summed E-state index contributed by atoms with van der Waals surface area (Å²) in [4.78, 5) is 20.1. The lowest BCUT2D eigenvalue weighted by molar-refractivity contribution is -0.119. The summed E-state index contributed by atoms with van der Waals surface area (Å²) >= 11 is 0. The summed E-state index contributed by atoms with van der Waals surface area (Å²) in [5, 5.41) is 1.08. The Balaban J connectivity index is 1.76. The highest BCUT2D eigenvalue weighted by atomic mass is 16.5. The summed E-state index contributed by atoms with van der Waals surface area (Å²) in [6, 6.07) is 28.5. The maximum Gasteiger partial charge on any atom is 0.135 e. The molecule has 0 aliphatic carbocycles. The van der Waals surface area contributed by atoms with Crippen molar-refractivity contribution in [3.8, 4) is 5.75 Å². The van der Waals surface area contributed by atoms with Crippen LogP contribution in [0.4, 0.5) is 5.69 Å². The van der Waals surface area contributed by atoms with Crippen LogP contribution >= 0.6 is 0 Å². The van der Waals surface area contributed by atoms with Gasteiger partial charge in [0.2, 0.25) is 0 Å². The molecule has 4 aromatic rings. The van der Waals surface area contributed by atoms with E-state index in [1.165, 1.54) is 0 Å². The number of benzene rings is 3. The molecule has 1 aromatic heterocycles. The molecule has 0 fully saturated rings. The molecule has 0 bridgehead atoms. The van der Waals surface area contributed by atoms with Crippen molar-refractivity contribution in [2.24, 2.45) is 0 Å². The first kappa shape index (κ1) is 21.0. The Morgan fingerprint density at radius 3 is 2.42 bits per heavy atom. The van der Waals surface area contributed by atoms with E-state index in [-0.39, 0.29) is 11.8 Å². The number of pyridine rings is 1. The molecular weight excluding hydrogens is 408 g/mol. The number of hydrogen-bond donors (Lipinski definition) is 0. The number of carbonyl (C=O) groups is 1. The molecule has 1 unspecified atom stereocenters. The van der Waals surface area contributed by atoms with Gasteiger partial charge in [-0.15, -0.1) is 0 Å². The highest BCUT2D eigenvalue weighted by Gasteiger charge is 2.33. The van der Waals surface area contributed by atoms with Crippen molar-refractivity contribution < 1.29 is 9.53 Å². The summed E-state index contributed by atoms with van der Waals surface area (Å²) in [5.41, 5.74) is 6.09. The van der Waals surface area contributed by atoms with Crippen molar-refractivity contribution >= 4 is 34.1 Å². The molecule has 4 nitrogen and oxygen atoms in total. The van der Waals surface area contributed by atoms with Gasteiger partial charge in [0.25, 0.3) is 0 Å². The Bertz CT molecular complexity index is 1330. The van der Waals surface area contributed by atoms with Crippen molar-refractivity contribution in [3.63, 3.8) is 0 Å². The second-order valence-corrected chi connectivity index (χ2v) is 8.23. The Labute approximate surface area is 194 Å². The van der Waals surface area contributed by atoms with E-state index in [0.29, 0.717) is 12.8 Å². The van der Waals surface area contributed by atoms with E-state index in [1.807, 2.05) is 55.5 Å². The van der Waals surface area contributed by atoms with Crippen LogP contribution in [0.25, 0.3) is 22.7 Å². The summed E-state index contributed by atoms with van der Waals surface area (Å²) in [7, 11) is 1.67. The van der Waals surface area contributed by atoms with Crippen LogP contribution in [0, 0.1) is 0 Å². The van der Waals surface area contributed by atoms with Crippen molar-refractivity contribution in [1.29, 1.82) is 0 Å². The Morgan fingerprint density at radius 1 is 0.970 bits per heavy atom. The molecule has 0 amide bonds. The molecule has 2 heterocycles. The van der Waals surface area contributed by atoms with Gasteiger partial charge in [0.05, 0.1) is 30.1 Å². The maximum absolute atomic E-state index is 12.8. The predicted molar refractivity (Wildman–Crippen MR) is 134 cm³/mol. The average Bonchev–Trinajstić information content (AvgIpc) is 2.88. The van der Waals surface area contributed by atoms with E-state index < -0.39 is 0 Å². The van der Waals surface area contributed by atoms with Crippen molar-refractivity contribution in [2.45, 2.75) is 25.8 Å². The third-order valence-electron chi connectivity index (χ3n) is 6.22. The maximum atomic E-state index is 12.8. The number of hydrogen-bond acceptors (Lipinski definition) is 4. The number of nitrogens with zero attached hydrogens (tertiary/aromatic N) is 2. The van der Waals surface area contributed by atoms with E-state index in [9.17, 15) is 4.79 Å². The Morgan fingerprint density at radius 2 is 1.70 bits per heavy atom. The first-order chi connectivity index (χ1) is 16.2. The first-order valence-electron chi connectivity index (χ1n) is 11.3. The molecule has 0 radical (unpaired) electrons. The molecule has 0 saturated carbocycles. The normalized spacial score (nSPS) is 15.2. The zero-order valence-corrected chi connectivity index (χ0v) is 18.9. The van der Waals surface area contributed by atoms with Gasteiger partial charge in [-0.3, -0.25) is 4.79 Å². The summed E-state index contributed by atoms with van der Waals surface area (Å²) in [6.45, 7) is 1.93. The molecule has 164 valence electrons. The van der Waals surface area contributed by atoms with Gasteiger partial charge in [-0.25, -0.2) is 4.98 Å². The highest BCUT2D eigenvalue weighted by Crippen LogP contribution is 2.44. The summed E-state index contributed by atoms with van der Waals surface area (Å²) < 4.78 is 5.38. The average molecular weight is 435 g/mol. The van der Waals surface area contributed by atoms with Gasteiger partial charge in [0, 0.05) is 29.5 Å². The lowest BCUT2D eigenvalue weighted by Gasteiger charge is -2.39. The standard InChI is InChI=1S/C29H26N2O2/c1-3-23(32)18-29-25-17-21-11-7-8-12-26(21)30-27(25)19-28(20-9-5-4-6-10-20)31(29)22-13-15-24(33-2)16-14-22/h4-17,19,29H,3,18H2,1-2H3. The number of fused-ring (bicyclic) bond motifs is 2. The molecule has 0 N–H and O–H groups in total. The fraction of sp³-hybridized carbons (Fsp3) is 0.172. The fourth-order valence-electron chi connectivity index (χ4n) is 4.49. The molecule has 0 spiro atoms. The molecule has 3 aromatic carbocycles. The number of anilines is 1. The predicted octanol–water partition coefficient (Wildman–Crippen LogP) is 6.67. The zero-order valence-electron chi connectivity index (χ0n) is 18.9. The van der Waals surface area contributed by atoms with E-state index in [2.05, 4.69) is 47.4 Å². The van der Waals surface area contributed by atoms with Crippen molar-refractivity contribution in [1.82, 2.24) is 4.98 Å². The molecular formula is C29H26N2O2. The van der Waals surface area contributed by atoms with Gasteiger partial charge in [0.1, 0.15) is 11.5 Å². The largest absolute Gasteiger partial charge is 0.497 e. The Kier molecular flexibility index (Phi) is 5.66. The smallest absolute Gasteiger partial charge is 0.135 e. The van der Waals surface area contributed by atoms with Gasteiger partial charge in [-0.05, 0) is 48.0 Å². The second-order valence-electron chi connectivity index (χ2n) is 8.23. The second kappa shape index (κ2) is 8.91. The van der Waals surface area contributed by atoms with Crippen LogP contribution in [0.3, 0.4) is 0 Å². The number of para-hydroxylation sites is 1. The number of ether oxygens (including phenoxy) is 1. The van der Waals surface area contributed by atoms with Crippen LogP contribution < -0.4 is 9.64 Å². The van der Waals surface area contributed by atoms with Crippen LogP contribution in [0.2, 0.25) is 0 Å². The van der Waals surface area contributed by atoms with Gasteiger partial charge in [-0.2, -0.15) is 0 Å². The highest BCUT2D eigenvalue weighted by molar-refractivity contribution is 5.96. The summed E-state index contributed by atoms with van der Waals surface area (Å²) in [5.74, 6) is 1.03. The van der Waals surface area contributed by atoms with Gasteiger partial charge in [-0.1, -0.05) is 55.5 Å². The lowest BCUT2D eigenvalue weighted by Crippen LogP contribution is -2.32. The van der Waals surface area contributed by atoms with Crippen LogP contribution in [0.5, 0.6) is 5.75 Å². The molecule has 1 aliphatic rings. The van der Waals surface area contributed by atoms with Crippen molar-refractivity contribution in [3.05, 3.63) is 102 Å². The van der Waals surface area contributed by atoms with Crippen molar-refractivity contribution in [2.75, 3.05) is 12.0 Å². The fourth-order valence-corrected chi connectivity index (χ4v) is 4.49. The minimum Gasteiger partial charge on any atom is -0.497 e. The first-order valence-corrected chi connectivity index (χ1v) is 11.3. The third kappa shape index (κ3) is 4.00. The molecule has 33 heavy (non-hydrogen) atoms. The zero-order chi connectivity index (χ0) is 22.8. The number of methoxy groups -OCH3 is 1. The van der Waals surface area contributed by atoms with Crippen LogP contribution in [0.1, 0.15) is 42.6 Å². The van der Waals surface area contributed by atoms with Gasteiger partial charge in [0.15, 0.2) is 0 Å². The Hall–Kier alpha value is -3.92. The molecule has 5 rings (SSSR count). The third-order valence-corrected chi connectivity index (χ3v) is 6.22. The molecule has 1 aliphatic heterocycles. The van der Waals surface area contributed by atoms with Gasteiger partial charge < -0.3 is 9.64 Å². The van der Waals surface area contributed by atoms with E-state index >= 15 is 0 Å². The van der Waals surface area contributed by atoms with Gasteiger partial charge >= 0.3 is 0 Å². The number of Topliss-reactive ketones (excluding diaryl/α,β-unsaturated/α-hetero) is 1. The van der Waals surface area contributed by atoms with E-state index in [4.69, 9.17) is 9.72 Å². The molecule has 4 heteroatoms. The van der Waals surface area contributed by atoms with Crippen LogP contribution in [-0.4, -0.2) is 17.9 Å². The number of aromatic nitrogens is 1. The minimum atomic E-state index is -0.154.